The Morgan fingerprint density at radius 1 is 1.58 bits per heavy atom. The molecule has 1 heterocycles. The molecule has 0 aliphatic heterocycles. The number of thiophene rings is 1. The number of hydrogen-bond donors (Lipinski definition) is 1. The van der Waals surface area contributed by atoms with Crippen molar-refractivity contribution in [2.24, 2.45) is 0 Å². The highest BCUT2D eigenvalue weighted by Crippen LogP contribution is 2.23. The summed E-state index contributed by atoms with van der Waals surface area (Å²) in [5, 5.41) is 18.3. The number of carbonyl (C=O) groups is 1. The van der Waals surface area contributed by atoms with Crippen LogP contribution >= 0.6 is 23.7 Å². The minimum absolute atomic E-state index is 0. The van der Waals surface area contributed by atoms with E-state index in [0.29, 0.717) is 11.3 Å². The fraction of sp³-hybridized carbons (Fsp3) is 0. The smallest absolute Gasteiger partial charge is 0.346 e. The Balaban J connectivity index is 0.00000121. The number of carboxylic acid groups (broad SMARTS) is 1. The normalized spacial score (nSPS) is 8.67. The van der Waals surface area contributed by atoms with Crippen molar-refractivity contribution >= 4 is 34.7 Å². The maximum Gasteiger partial charge on any atom is 0.346 e. The van der Waals surface area contributed by atoms with Crippen molar-refractivity contribution in [3.05, 3.63) is 27.1 Å². The van der Waals surface area contributed by atoms with E-state index in [1.807, 2.05) is 0 Å². The molecular weight excluding hydrogens is 206 g/mol. The zero-order chi connectivity index (χ0) is 8.43. The number of carboxylic acids is 1. The van der Waals surface area contributed by atoms with Crippen LogP contribution in [0.1, 0.15) is 9.67 Å². The van der Waals surface area contributed by atoms with Gasteiger partial charge in [0.05, 0.1) is 4.92 Å². The van der Waals surface area contributed by atoms with Gasteiger partial charge >= 0.3 is 11.0 Å². The van der Waals surface area contributed by atoms with E-state index in [1.54, 1.807) is 0 Å². The first-order valence-electron chi connectivity index (χ1n) is 2.59. The summed E-state index contributed by atoms with van der Waals surface area (Å²) >= 11 is 0.650. The summed E-state index contributed by atoms with van der Waals surface area (Å²) in [5.74, 6) is -1.14. The SMILES string of the molecule is Cl.O=C(O)c1ccc([N+](=O)[O-])s1. The summed E-state index contributed by atoms with van der Waals surface area (Å²) in [6, 6.07) is 2.39. The lowest BCUT2D eigenvalue weighted by atomic mass is 10.5. The van der Waals surface area contributed by atoms with Crippen LogP contribution in [-0.2, 0) is 0 Å². The number of rotatable bonds is 2. The molecule has 1 N–H and O–H groups in total. The Morgan fingerprint density at radius 2 is 2.17 bits per heavy atom. The molecule has 0 spiro atoms. The molecule has 0 amide bonds. The summed E-state index contributed by atoms with van der Waals surface area (Å²) in [4.78, 5) is 19.7. The first kappa shape index (κ1) is 10.9. The molecule has 7 heteroatoms. The molecule has 5 nitrogen and oxygen atoms in total. The van der Waals surface area contributed by atoms with Crippen molar-refractivity contribution in [1.29, 1.82) is 0 Å². The highest BCUT2D eigenvalue weighted by molar-refractivity contribution is 7.17. The quantitative estimate of drug-likeness (QED) is 0.595. The second kappa shape index (κ2) is 4.03. The van der Waals surface area contributed by atoms with Crippen molar-refractivity contribution in [3.8, 4) is 0 Å². The standard InChI is InChI=1S/C5H3NO4S.ClH/c7-5(8)3-1-2-4(11-3)6(9)10;/h1-2H,(H,7,8);1H. The average Bonchev–Trinajstić information content (AvgIpc) is 2.33. The second-order valence-electron chi connectivity index (χ2n) is 1.70. The van der Waals surface area contributed by atoms with E-state index in [2.05, 4.69) is 0 Å². The van der Waals surface area contributed by atoms with Gasteiger partial charge in [-0.1, -0.05) is 11.3 Å². The Labute approximate surface area is 77.2 Å². The van der Waals surface area contributed by atoms with Gasteiger partial charge in [0.15, 0.2) is 0 Å². The number of hydrogen-bond acceptors (Lipinski definition) is 4. The number of nitrogens with zero attached hydrogens (tertiary/aromatic N) is 1. The number of halogens is 1. The van der Waals surface area contributed by atoms with Crippen LogP contribution in [-0.4, -0.2) is 16.0 Å². The number of nitro groups is 1. The van der Waals surface area contributed by atoms with Gasteiger partial charge in [-0.15, -0.1) is 12.4 Å². The predicted octanol–water partition coefficient (Wildman–Crippen LogP) is 1.78. The van der Waals surface area contributed by atoms with Gasteiger partial charge in [0.1, 0.15) is 4.88 Å². The first-order chi connectivity index (χ1) is 5.11. The van der Waals surface area contributed by atoms with Crippen LogP contribution in [0.5, 0.6) is 0 Å². The van der Waals surface area contributed by atoms with Crippen molar-refractivity contribution in [1.82, 2.24) is 0 Å². The van der Waals surface area contributed by atoms with E-state index < -0.39 is 10.9 Å². The molecule has 0 saturated heterocycles. The molecule has 0 bridgehead atoms. The molecule has 0 atom stereocenters. The van der Waals surface area contributed by atoms with Crippen LogP contribution in [0.3, 0.4) is 0 Å². The summed E-state index contributed by atoms with van der Waals surface area (Å²) in [7, 11) is 0. The van der Waals surface area contributed by atoms with Gasteiger partial charge in [-0.05, 0) is 6.07 Å². The molecule has 0 aliphatic carbocycles. The fourth-order valence-electron chi connectivity index (χ4n) is 0.541. The lowest BCUT2D eigenvalue weighted by Gasteiger charge is -1.81. The van der Waals surface area contributed by atoms with Gasteiger partial charge in [-0.3, -0.25) is 10.1 Å². The summed E-state index contributed by atoms with van der Waals surface area (Å²) in [5.41, 5.74) is 0. The molecule has 1 aromatic heterocycles. The van der Waals surface area contributed by atoms with Crippen LogP contribution in [0.2, 0.25) is 0 Å². The van der Waals surface area contributed by atoms with Gasteiger partial charge < -0.3 is 5.11 Å². The van der Waals surface area contributed by atoms with Gasteiger partial charge in [0.2, 0.25) is 0 Å². The van der Waals surface area contributed by atoms with E-state index >= 15 is 0 Å². The van der Waals surface area contributed by atoms with Gasteiger partial charge in [0.25, 0.3) is 0 Å². The van der Waals surface area contributed by atoms with Crippen LogP contribution in [0.15, 0.2) is 12.1 Å². The molecule has 0 fully saturated rings. The van der Waals surface area contributed by atoms with Crippen LogP contribution in [0.4, 0.5) is 5.00 Å². The van der Waals surface area contributed by atoms with E-state index in [1.165, 1.54) is 12.1 Å². The largest absolute Gasteiger partial charge is 0.477 e. The molecule has 0 aliphatic rings. The highest BCUT2D eigenvalue weighted by Gasteiger charge is 2.13. The van der Waals surface area contributed by atoms with Crippen molar-refractivity contribution < 1.29 is 14.8 Å². The molecule has 66 valence electrons. The van der Waals surface area contributed by atoms with Gasteiger partial charge in [-0.25, -0.2) is 4.79 Å². The fourth-order valence-corrected chi connectivity index (χ4v) is 1.20. The average molecular weight is 210 g/mol. The minimum Gasteiger partial charge on any atom is -0.477 e. The third-order valence-corrected chi connectivity index (χ3v) is 2.01. The Hall–Kier alpha value is -1.14. The molecule has 0 unspecified atom stereocenters. The van der Waals surface area contributed by atoms with Gasteiger partial charge in [-0.2, -0.15) is 0 Å². The summed E-state index contributed by atoms with van der Waals surface area (Å²) in [6.07, 6.45) is 0. The molecule has 0 saturated carbocycles. The third-order valence-electron chi connectivity index (χ3n) is 0.983. The van der Waals surface area contributed by atoms with Crippen LogP contribution < -0.4 is 0 Å². The highest BCUT2D eigenvalue weighted by atomic mass is 35.5. The third kappa shape index (κ3) is 2.18. The van der Waals surface area contributed by atoms with Crippen LogP contribution in [0.25, 0.3) is 0 Å². The lowest BCUT2D eigenvalue weighted by Crippen LogP contribution is -1.89. The molecule has 1 aromatic rings. The monoisotopic (exact) mass is 209 g/mol. The van der Waals surface area contributed by atoms with Crippen molar-refractivity contribution in [2.45, 2.75) is 0 Å². The van der Waals surface area contributed by atoms with E-state index in [9.17, 15) is 14.9 Å². The Kier molecular flexibility index (Phi) is 3.65. The molecule has 0 radical (unpaired) electrons. The van der Waals surface area contributed by atoms with Gasteiger partial charge in [0, 0.05) is 6.07 Å². The maximum atomic E-state index is 10.2. The maximum absolute atomic E-state index is 10.2. The zero-order valence-corrected chi connectivity index (χ0v) is 7.22. The van der Waals surface area contributed by atoms with E-state index in [4.69, 9.17) is 5.11 Å². The van der Waals surface area contributed by atoms with E-state index in [0.717, 1.165) is 0 Å². The lowest BCUT2D eigenvalue weighted by molar-refractivity contribution is -0.380. The van der Waals surface area contributed by atoms with Crippen molar-refractivity contribution in [3.63, 3.8) is 0 Å². The zero-order valence-electron chi connectivity index (χ0n) is 5.59. The topological polar surface area (TPSA) is 80.4 Å². The van der Waals surface area contributed by atoms with Crippen LogP contribution in [0, 0.1) is 10.1 Å². The van der Waals surface area contributed by atoms with Crippen molar-refractivity contribution in [2.75, 3.05) is 0 Å². The minimum atomic E-state index is -1.14. The molecular formula is C5H4ClNO4S. The first-order valence-corrected chi connectivity index (χ1v) is 3.40. The summed E-state index contributed by atoms with van der Waals surface area (Å²) < 4.78 is 0. The Morgan fingerprint density at radius 3 is 2.42 bits per heavy atom. The predicted molar refractivity (Wildman–Crippen MR) is 45.2 cm³/mol. The van der Waals surface area contributed by atoms with E-state index in [-0.39, 0.29) is 22.3 Å². The molecule has 12 heavy (non-hydrogen) atoms. The summed E-state index contributed by atoms with van der Waals surface area (Å²) in [6.45, 7) is 0. The molecule has 0 aromatic carbocycles. The Bertz CT molecular complexity index is 282. The number of aromatic carboxylic acids is 1. The second-order valence-corrected chi connectivity index (χ2v) is 2.76. The molecule has 1 rings (SSSR count).